The van der Waals surface area contributed by atoms with Gasteiger partial charge in [0.1, 0.15) is 0 Å². The molecule has 1 heterocycles. The summed E-state index contributed by atoms with van der Waals surface area (Å²) in [5, 5.41) is 8.10. The second-order valence-corrected chi connectivity index (χ2v) is 6.00. The predicted octanol–water partition coefficient (Wildman–Crippen LogP) is 2.72. The van der Waals surface area contributed by atoms with Gasteiger partial charge in [0.25, 0.3) is 0 Å². The minimum Gasteiger partial charge on any atom is -0.493 e. The van der Waals surface area contributed by atoms with Crippen LogP contribution in [-0.4, -0.2) is 44.3 Å². The Morgan fingerprint density at radius 1 is 1.54 bits per heavy atom. The molecule has 0 aliphatic carbocycles. The van der Waals surface area contributed by atoms with Gasteiger partial charge in [-0.25, -0.2) is 0 Å². The van der Waals surface area contributed by atoms with E-state index in [9.17, 15) is 0 Å². The lowest BCUT2D eigenvalue weighted by Gasteiger charge is -2.12. The van der Waals surface area contributed by atoms with Crippen molar-refractivity contribution in [3.05, 3.63) is 22.7 Å². The molecule has 0 unspecified atom stereocenters. The van der Waals surface area contributed by atoms with Gasteiger partial charge in [0.15, 0.2) is 16.6 Å². The smallest absolute Gasteiger partial charge is 0.187 e. The van der Waals surface area contributed by atoms with Crippen molar-refractivity contribution in [1.82, 2.24) is 10.7 Å². The summed E-state index contributed by atoms with van der Waals surface area (Å²) in [6.07, 6.45) is 4.00. The van der Waals surface area contributed by atoms with Crippen molar-refractivity contribution in [3.8, 4) is 11.5 Å². The number of methoxy groups -OCH3 is 1. The summed E-state index contributed by atoms with van der Waals surface area (Å²) in [6.45, 7) is 3.91. The van der Waals surface area contributed by atoms with E-state index in [4.69, 9.17) is 38.0 Å². The van der Waals surface area contributed by atoms with Crippen LogP contribution < -0.4 is 20.2 Å². The minimum atomic E-state index is 0.225. The maximum absolute atomic E-state index is 6.22. The van der Waals surface area contributed by atoms with E-state index in [1.165, 1.54) is 0 Å². The molecule has 1 aliphatic heterocycles. The van der Waals surface area contributed by atoms with Gasteiger partial charge in [-0.1, -0.05) is 11.6 Å². The lowest BCUT2D eigenvalue weighted by Crippen LogP contribution is -2.37. The van der Waals surface area contributed by atoms with Crippen molar-refractivity contribution in [3.63, 3.8) is 0 Å². The van der Waals surface area contributed by atoms with Crippen molar-refractivity contribution in [2.45, 2.75) is 25.9 Å². The molecule has 1 atom stereocenters. The Morgan fingerprint density at radius 2 is 2.38 bits per heavy atom. The van der Waals surface area contributed by atoms with Crippen molar-refractivity contribution in [2.24, 2.45) is 5.10 Å². The third-order valence-corrected chi connectivity index (χ3v) is 3.95. The zero-order chi connectivity index (χ0) is 17.4. The first-order chi connectivity index (χ1) is 11.6. The third kappa shape index (κ3) is 5.51. The molecular weight excluding hydrogens is 350 g/mol. The van der Waals surface area contributed by atoms with Gasteiger partial charge < -0.3 is 19.5 Å². The molecule has 6 nitrogen and oxygen atoms in total. The van der Waals surface area contributed by atoms with Gasteiger partial charge in [0.05, 0.1) is 31.1 Å². The molecule has 0 aromatic heterocycles. The molecular formula is C16H22ClN3O3S. The van der Waals surface area contributed by atoms with Crippen LogP contribution in [-0.2, 0) is 4.74 Å². The van der Waals surface area contributed by atoms with E-state index in [1.807, 2.05) is 6.92 Å². The highest BCUT2D eigenvalue weighted by atomic mass is 35.5. The summed E-state index contributed by atoms with van der Waals surface area (Å²) in [7, 11) is 1.57. The van der Waals surface area contributed by atoms with Crippen LogP contribution in [0.15, 0.2) is 17.2 Å². The van der Waals surface area contributed by atoms with Gasteiger partial charge in [-0.2, -0.15) is 5.10 Å². The zero-order valence-electron chi connectivity index (χ0n) is 13.8. The largest absolute Gasteiger partial charge is 0.493 e. The second-order valence-electron chi connectivity index (χ2n) is 5.18. The van der Waals surface area contributed by atoms with Gasteiger partial charge in [-0.05, 0) is 49.7 Å². The average molecular weight is 372 g/mol. The van der Waals surface area contributed by atoms with E-state index < -0.39 is 0 Å². The summed E-state index contributed by atoms with van der Waals surface area (Å²) >= 11 is 11.4. The third-order valence-electron chi connectivity index (χ3n) is 3.43. The van der Waals surface area contributed by atoms with Gasteiger partial charge in [-0.15, -0.1) is 0 Å². The Hall–Kier alpha value is -1.57. The van der Waals surface area contributed by atoms with E-state index in [-0.39, 0.29) is 6.10 Å². The van der Waals surface area contributed by atoms with Crippen LogP contribution in [0.4, 0.5) is 0 Å². The predicted molar refractivity (Wildman–Crippen MR) is 99.5 cm³/mol. The van der Waals surface area contributed by atoms with Gasteiger partial charge in [0, 0.05) is 13.2 Å². The molecule has 0 bridgehead atoms. The molecule has 1 aromatic carbocycles. The van der Waals surface area contributed by atoms with Crippen LogP contribution >= 0.6 is 23.8 Å². The van der Waals surface area contributed by atoms with E-state index in [0.29, 0.717) is 34.8 Å². The highest BCUT2D eigenvalue weighted by molar-refractivity contribution is 7.80. The summed E-state index contributed by atoms with van der Waals surface area (Å²) in [5.41, 5.74) is 3.54. The molecule has 1 aromatic rings. The van der Waals surface area contributed by atoms with Gasteiger partial charge >= 0.3 is 0 Å². The quantitative estimate of drug-likeness (QED) is 0.436. The Kier molecular flexibility index (Phi) is 7.55. The number of benzene rings is 1. The first kappa shape index (κ1) is 18.8. The van der Waals surface area contributed by atoms with Crippen molar-refractivity contribution in [2.75, 3.05) is 26.9 Å². The fourth-order valence-corrected chi connectivity index (χ4v) is 2.73. The Labute approximate surface area is 152 Å². The summed E-state index contributed by atoms with van der Waals surface area (Å²) in [5.74, 6) is 1.09. The van der Waals surface area contributed by atoms with Crippen molar-refractivity contribution in [1.29, 1.82) is 0 Å². The van der Waals surface area contributed by atoms with Crippen LogP contribution in [0.5, 0.6) is 11.5 Å². The zero-order valence-corrected chi connectivity index (χ0v) is 15.4. The first-order valence-electron chi connectivity index (χ1n) is 7.82. The first-order valence-corrected chi connectivity index (χ1v) is 8.61. The average Bonchev–Trinajstić information content (AvgIpc) is 3.08. The Morgan fingerprint density at radius 3 is 3.04 bits per heavy atom. The number of nitrogens with one attached hydrogen (secondary N) is 2. The minimum absolute atomic E-state index is 0.225. The van der Waals surface area contributed by atoms with E-state index in [2.05, 4.69) is 15.8 Å². The molecule has 0 radical (unpaired) electrons. The molecule has 1 aliphatic rings. The molecule has 2 N–H and O–H groups in total. The highest BCUT2D eigenvalue weighted by Crippen LogP contribution is 2.35. The Bertz CT molecular complexity index is 592. The standard InChI is InChI=1S/C16H22ClN3O3S/c1-3-22-15-13(17)7-11(8-14(15)21-2)9-19-20-16(24)18-10-12-5-4-6-23-12/h7-9,12H,3-6,10H2,1-2H3,(H2,18,20,24)/b19-9-/t12-/m1/s1. The maximum Gasteiger partial charge on any atom is 0.187 e. The lowest BCUT2D eigenvalue weighted by atomic mass is 10.2. The topological polar surface area (TPSA) is 64.1 Å². The van der Waals surface area contributed by atoms with Crippen molar-refractivity contribution < 1.29 is 14.2 Å². The number of halogens is 1. The number of hydrogen-bond donors (Lipinski definition) is 2. The number of hydrogen-bond acceptors (Lipinski definition) is 5. The molecule has 8 heteroatoms. The normalized spacial score (nSPS) is 17.0. The SMILES string of the molecule is CCOc1c(Cl)cc(/C=N\NC(=S)NC[C@H]2CCCO2)cc1OC. The molecule has 1 saturated heterocycles. The molecule has 2 rings (SSSR count). The molecule has 0 spiro atoms. The monoisotopic (exact) mass is 371 g/mol. The van der Waals surface area contributed by atoms with Crippen LogP contribution in [0.25, 0.3) is 0 Å². The van der Waals surface area contributed by atoms with Crippen molar-refractivity contribution >= 4 is 35.1 Å². The van der Waals surface area contributed by atoms with E-state index in [0.717, 1.165) is 25.0 Å². The number of nitrogens with zero attached hydrogens (tertiary/aromatic N) is 1. The molecule has 1 fully saturated rings. The van der Waals surface area contributed by atoms with E-state index in [1.54, 1.807) is 25.5 Å². The summed E-state index contributed by atoms with van der Waals surface area (Å²) in [6, 6.07) is 3.55. The second kappa shape index (κ2) is 9.66. The fourth-order valence-electron chi connectivity index (χ4n) is 2.32. The number of thiocarbonyl (C=S) groups is 1. The Balaban J connectivity index is 1.88. The molecule has 132 valence electrons. The number of rotatable bonds is 7. The van der Waals surface area contributed by atoms with Gasteiger partial charge in [0.2, 0.25) is 0 Å². The van der Waals surface area contributed by atoms with Crippen LogP contribution in [0.3, 0.4) is 0 Å². The molecule has 0 amide bonds. The summed E-state index contributed by atoms with van der Waals surface area (Å²) < 4.78 is 16.3. The van der Waals surface area contributed by atoms with Crippen LogP contribution in [0.2, 0.25) is 5.02 Å². The summed E-state index contributed by atoms with van der Waals surface area (Å²) in [4.78, 5) is 0. The molecule has 0 saturated carbocycles. The number of hydrazone groups is 1. The lowest BCUT2D eigenvalue weighted by molar-refractivity contribution is 0.114. The highest BCUT2D eigenvalue weighted by Gasteiger charge is 2.15. The van der Waals surface area contributed by atoms with Crippen LogP contribution in [0.1, 0.15) is 25.3 Å². The van der Waals surface area contributed by atoms with Crippen LogP contribution in [0, 0.1) is 0 Å². The fraction of sp³-hybridized carbons (Fsp3) is 0.500. The van der Waals surface area contributed by atoms with Gasteiger partial charge in [-0.3, -0.25) is 5.43 Å². The van der Waals surface area contributed by atoms with E-state index >= 15 is 0 Å². The molecule has 24 heavy (non-hydrogen) atoms. The maximum atomic E-state index is 6.22. The number of ether oxygens (including phenoxy) is 3.